The molecule has 0 saturated carbocycles. The summed E-state index contributed by atoms with van der Waals surface area (Å²) >= 11 is 5.65. The zero-order valence-corrected chi connectivity index (χ0v) is 12.4. The van der Waals surface area contributed by atoms with Crippen molar-refractivity contribution in [3.8, 4) is 0 Å². The highest BCUT2D eigenvalue weighted by Crippen LogP contribution is 2.16. The third-order valence-electron chi connectivity index (χ3n) is 3.33. The number of benzene rings is 1. The van der Waals surface area contributed by atoms with E-state index in [2.05, 4.69) is 10.6 Å². The van der Waals surface area contributed by atoms with E-state index in [4.69, 9.17) is 11.6 Å². The number of hydrogen-bond acceptors (Lipinski definition) is 2. The van der Waals surface area contributed by atoms with Crippen LogP contribution in [0.15, 0.2) is 18.2 Å². The lowest BCUT2D eigenvalue weighted by atomic mass is 9.98. The zero-order valence-electron chi connectivity index (χ0n) is 11.7. The van der Waals surface area contributed by atoms with Crippen LogP contribution in [0.5, 0.6) is 0 Å². The van der Waals surface area contributed by atoms with Crippen molar-refractivity contribution in [3.63, 3.8) is 0 Å². The number of nitrogens with one attached hydrogen (secondary N) is 2. The summed E-state index contributed by atoms with van der Waals surface area (Å²) in [4.78, 5) is 11.6. The number of carbonyl (C=O) groups excluding carboxylic acids is 1. The minimum atomic E-state index is -0.878. The summed E-state index contributed by atoms with van der Waals surface area (Å²) in [6, 6.07) is 3.89. The highest BCUT2D eigenvalue weighted by Gasteiger charge is 2.22. The molecule has 0 aromatic heterocycles. The van der Waals surface area contributed by atoms with Crippen LogP contribution in [0.4, 0.5) is 9.18 Å². The molecule has 0 unspecified atom stereocenters. The minimum absolute atomic E-state index is 0.0241. The molecule has 2 amide bonds. The lowest BCUT2D eigenvalue weighted by Crippen LogP contribution is -2.45. The zero-order chi connectivity index (χ0) is 15.2. The van der Waals surface area contributed by atoms with Crippen LogP contribution in [0.2, 0.25) is 5.02 Å². The lowest BCUT2D eigenvalue weighted by Gasteiger charge is -2.25. The predicted octanol–water partition coefficient (Wildman–Crippen LogP) is 2.83. The van der Waals surface area contributed by atoms with Gasteiger partial charge in [-0.25, -0.2) is 9.18 Å². The first-order valence-corrected chi connectivity index (χ1v) is 6.96. The van der Waals surface area contributed by atoms with Crippen LogP contribution in [-0.2, 0) is 6.54 Å². The van der Waals surface area contributed by atoms with Gasteiger partial charge < -0.3 is 15.7 Å². The second-order valence-electron chi connectivity index (χ2n) is 4.72. The van der Waals surface area contributed by atoms with E-state index in [0.29, 0.717) is 18.4 Å². The first-order chi connectivity index (χ1) is 9.40. The summed E-state index contributed by atoms with van der Waals surface area (Å²) in [5.41, 5.74) is -0.177. The maximum atomic E-state index is 13.0. The van der Waals surface area contributed by atoms with Gasteiger partial charge in [0.25, 0.3) is 0 Å². The first-order valence-electron chi connectivity index (χ1n) is 6.58. The van der Waals surface area contributed by atoms with E-state index in [9.17, 15) is 14.3 Å². The van der Waals surface area contributed by atoms with Gasteiger partial charge in [0.2, 0.25) is 0 Å². The van der Waals surface area contributed by atoms with Gasteiger partial charge in [0.05, 0.1) is 10.6 Å². The van der Waals surface area contributed by atoms with Crippen LogP contribution in [0.1, 0.15) is 32.3 Å². The molecule has 20 heavy (non-hydrogen) atoms. The van der Waals surface area contributed by atoms with Crippen LogP contribution in [0, 0.1) is 5.82 Å². The second-order valence-corrected chi connectivity index (χ2v) is 5.12. The van der Waals surface area contributed by atoms with Gasteiger partial charge in [-0.2, -0.15) is 0 Å². The van der Waals surface area contributed by atoms with Gasteiger partial charge in [-0.05, 0) is 30.5 Å². The Bertz CT molecular complexity index is 464. The molecule has 0 atom stereocenters. The van der Waals surface area contributed by atoms with E-state index in [0.717, 1.165) is 0 Å². The van der Waals surface area contributed by atoms with Crippen molar-refractivity contribution in [2.45, 2.75) is 38.8 Å². The summed E-state index contributed by atoms with van der Waals surface area (Å²) in [5, 5.41) is 15.3. The number of rotatable bonds is 6. The summed E-state index contributed by atoms with van der Waals surface area (Å²) in [6.45, 7) is 4.16. The fourth-order valence-electron chi connectivity index (χ4n) is 1.64. The number of aliphatic hydroxyl groups is 1. The highest BCUT2D eigenvalue weighted by molar-refractivity contribution is 6.30. The molecule has 1 aromatic rings. The largest absolute Gasteiger partial charge is 0.388 e. The van der Waals surface area contributed by atoms with E-state index < -0.39 is 11.4 Å². The Labute approximate surface area is 123 Å². The predicted molar refractivity (Wildman–Crippen MR) is 77.2 cm³/mol. The number of hydrogen-bond donors (Lipinski definition) is 3. The van der Waals surface area contributed by atoms with Crippen molar-refractivity contribution in [3.05, 3.63) is 34.6 Å². The Hall–Kier alpha value is -1.33. The van der Waals surface area contributed by atoms with Gasteiger partial charge >= 0.3 is 6.03 Å². The topological polar surface area (TPSA) is 61.4 Å². The molecule has 6 heteroatoms. The molecule has 0 saturated heterocycles. The van der Waals surface area contributed by atoms with Crippen molar-refractivity contribution >= 4 is 17.6 Å². The van der Waals surface area contributed by atoms with Gasteiger partial charge in [0.15, 0.2) is 0 Å². The van der Waals surface area contributed by atoms with Crippen molar-refractivity contribution in [1.29, 1.82) is 0 Å². The standard InChI is InChI=1S/C14H20ClFN2O2/c1-3-14(20,4-2)9-18-13(19)17-8-10-5-6-12(16)11(15)7-10/h5-7,20H,3-4,8-9H2,1-2H3,(H2,17,18,19). The molecule has 0 aliphatic heterocycles. The van der Waals surface area contributed by atoms with Gasteiger partial charge in [0, 0.05) is 13.1 Å². The molecule has 0 radical (unpaired) electrons. The van der Waals surface area contributed by atoms with E-state index in [1.165, 1.54) is 12.1 Å². The molecule has 0 spiro atoms. The average molecular weight is 303 g/mol. The van der Waals surface area contributed by atoms with Crippen molar-refractivity contribution < 1.29 is 14.3 Å². The fourth-order valence-corrected chi connectivity index (χ4v) is 1.84. The normalized spacial score (nSPS) is 11.2. The monoisotopic (exact) mass is 302 g/mol. The van der Waals surface area contributed by atoms with Gasteiger partial charge in [-0.15, -0.1) is 0 Å². The van der Waals surface area contributed by atoms with Crippen LogP contribution in [0.25, 0.3) is 0 Å². The average Bonchev–Trinajstić information content (AvgIpc) is 2.46. The maximum Gasteiger partial charge on any atom is 0.315 e. The molecule has 1 aromatic carbocycles. The molecule has 4 nitrogen and oxygen atoms in total. The highest BCUT2D eigenvalue weighted by atomic mass is 35.5. The second kappa shape index (κ2) is 7.45. The third-order valence-corrected chi connectivity index (χ3v) is 3.62. The Morgan fingerprint density at radius 2 is 2.00 bits per heavy atom. The number of amides is 2. The molecule has 0 heterocycles. The van der Waals surface area contributed by atoms with Crippen LogP contribution in [0.3, 0.4) is 0 Å². The van der Waals surface area contributed by atoms with Crippen molar-refractivity contribution in [2.24, 2.45) is 0 Å². The van der Waals surface area contributed by atoms with Gasteiger partial charge in [-0.1, -0.05) is 31.5 Å². The summed E-state index contributed by atoms with van der Waals surface area (Å²) < 4.78 is 13.0. The van der Waals surface area contributed by atoms with Crippen LogP contribution in [-0.4, -0.2) is 23.3 Å². The Morgan fingerprint density at radius 1 is 1.35 bits per heavy atom. The van der Waals surface area contributed by atoms with Gasteiger partial charge in [-0.3, -0.25) is 0 Å². The van der Waals surface area contributed by atoms with E-state index in [-0.39, 0.29) is 24.1 Å². The SMILES string of the molecule is CCC(O)(CC)CNC(=O)NCc1ccc(F)c(Cl)c1. The first kappa shape index (κ1) is 16.7. The molecular formula is C14H20ClFN2O2. The molecule has 0 aliphatic carbocycles. The van der Waals surface area contributed by atoms with Gasteiger partial charge in [0.1, 0.15) is 5.82 Å². The van der Waals surface area contributed by atoms with Crippen LogP contribution >= 0.6 is 11.6 Å². The smallest absolute Gasteiger partial charge is 0.315 e. The Balaban J connectivity index is 2.42. The molecule has 0 bridgehead atoms. The third kappa shape index (κ3) is 4.98. The van der Waals surface area contributed by atoms with Crippen molar-refractivity contribution in [1.82, 2.24) is 10.6 Å². The summed E-state index contributed by atoms with van der Waals surface area (Å²) in [7, 11) is 0. The summed E-state index contributed by atoms with van der Waals surface area (Å²) in [6.07, 6.45) is 1.13. The molecule has 3 N–H and O–H groups in total. The Kier molecular flexibility index (Phi) is 6.23. The van der Waals surface area contributed by atoms with Crippen LogP contribution < -0.4 is 10.6 Å². The number of urea groups is 1. The molecule has 0 fully saturated rings. The maximum absolute atomic E-state index is 13.0. The fraction of sp³-hybridized carbons (Fsp3) is 0.500. The summed E-state index contributed by atoms with van der Waals surface area (Å²) in [5.74, 6) is -0.490. The van der Waals surface area contributed by atoms with E-state index in [1.54, 1.807) is 6.07 Å². The number of halogens is 2. The molecule has 112 valence electrons. The minimum Gasteiger partial charge on any atom is -0.388 e. The molecule has 0 aliphatic rings. The van der Waals surface area contributed by atoms with E-state index >= 15 is 0 Å². The lowest BCUT2D eigenvalue weighted by molar-refractivity contribution is 0.0349. The van der Waals surface area contributed by atoms with Crippen molar-refractivity contribution in [2.75, 3.05) is 6.54 Å². The molecule has 1 rings (SSSR count). The Morgan fingerprint density at radius 3 is 2.55 bits per heavy atom. The van der Waals surface area contributed by atoms with E-state index in [1.807, 2.05) is 13.8 Å². The molecular weight excluding hydrogens is 283 g/mol. The quantitative estimate of drug-likeness (QED) is 0.757. The number of carbonyl (C=O) groups is 1.